The Kier molecular flexibility index (Phi) is 7.85. The minimum Gasteiger partial charge on any atom is -0.460 e. The Morgan fingerprint density at radius 2 is 1.77 bits per heavy atom. The molecule has 1 heterocycles. The first kappa shape index (κ1) is 21.8. The van der Waals surface area contributed by atoms with E-state index in [1.54, 1.807) is 12.1 Å². The molecule has 0 saturated carbocycles. The van der Waals surface area contributed by atoms with Gasteiger partial charge in [-0.2, -0.15) is 0 Å². The minimum atomic E-state index is -0.487. The van der Waals surface area contributed by atoms with Crippen LogP contribution in [-0.2, 0) is 9.53 Å². The number of esters is 1. The van der Waals surface area contributed by atoms with Crippen molar-refractivity contribution >= 4 is 17.6 Å². The summed E-state index contributed by atoms with van der Waals surface area (Å²) in [6.45, 7) is 4.20. The maximum Gasteiger partial charge on any atom is 0.338 e. The van der Waals surface area contributed by atoms with Gasteiger partial charge in [-0.05, 0) is 55.5 Å². The summed E-state index contributed by atoms with van der Waals surface area (Å²) in [4.78, 5) is 27.5. The van der Waals surface area contributed by atoms with Crippen molar-refractivity contribution in [3.8, 4) is 0 Å². The van der Waals surface area contributed by atoms with Gasteiger partial charge in [0, 0.05) is 25.3 Å². The van der Waals surface area contributed by atoms with Crippen LogP contribution in [0.3, 0.4) is 0 Å². The molecule has 2 aromatic rings. The summed E-state index contributed by atoms with van der Waals surface area (Å²) in [5.41, 5.74) is 3.29. The summed E-state index contributed by atoms with van der Waals surface area (Å²) >= 11 is 0. The van der Waals surface area contributed by atoms with E-state index in [9.17, 15) is 9.59 Å². The summed E-state index contributed by atoms with van der Waals surface area (Å²) < 4.78 is 4.97. The average Bonchev–Trinajstić information content (AvgIpc) is 2.79. The Labute approximate surface area is 177 Å². The predicted molar refractivity (Wildman–Crippen MR) is 117 cm³/mol. The molecule has 6 heteroatoms. The van der Waals surface area contributed by atoms with E-state index in [1.165, 1.54) is 6.42 Å². The molecule has 1 unspecified atom stereocenters. The lowest BCUT2D eigenvalue weighted by Crippen LogP contribution is -2.34. The number of carbonyl (C=O) groups excluding carboxylic acids is 2. The van der Waals surface area contributed by atoms with Gasteiger partial charge >= 0.3 is 5.97 Å². The molecule has 30 heavy (non-hydrogen) atoms. The van der Waals surface area contributed by atoms with Gasteiger partial charge in [0.25, 0.3) is 0 Å². The molecule has 3 rings (SSSR count). The number of nitrogens with zero attached hydrogens (tertiary/aromatic N) is 1. The fraction of sp³-hybridized carbons (Fsp3) is 0.417. The molecule has 0 aromatic heterocycles. The van der Waals surface area contributed by atoms with Gasteiger partial charge in [0.05, 0.1) is 18.1 Å². The molecular weight excluding hydrogens is 380 g/mol. The van der Waals surface area contributed by atoms with Crippen molar-refractivity contribution in [2.45, 2.75) is 32.1 Å². The van der Waals surface area contributed by atoms with Crippen molar-refractivity contribution in [3.63, 3.8) is 0 Å². The van der Waals surface area contributed by atoms with Gasteiger partial charge in [0.2, 0.25) is 5.91 Å². The van der Waals surface area contributed by atoms with Crippen LogP contribution < -0.4 is 10.2 Å². The van der Waals surface area contributed by atoms with Gasteiger partial charge in [-0.15, -0.1) is 0 Å². The number of likely N-dealkylation sites (N-methyl/N-ethyl adjacent to an activating group) is 1. The van der Waals surface area contributed by atoms with Crippen LogP contribution in [0.1, 0.15) is 53.6 Å². The summed E-state index contributed by atoms with van der Waals surface area (Å²) in [6.07, 6.45) is 3.56. The van der Waals surface area contributed by atoms with E-state index in [-0.39, 0.29) is 19.1 Å². The Morgan fingerprint density at radius 1 is 1.07 bits per heavy atom. The maximum atomic E-state index is 13.1. The van der Waals surface area contributed by atoms with Crippen LogP contribution in [0.2, 0.25) is 0 Å². The van der Waals surface area contributed by atoms with Gasteiger partial charge in [-0.1, -0.05) is 30.3 Å². The molecule has 1 fully saturated rings. The molecule has 2 aromatic carbocycles. The zero-order valence-corrected chi connectivity index (χ0v) is 17.5. The standard InChI is InChI=1S/C24H30N2O4/c1-2-25-23(28)22(18-10-12-19(13-11-18)24(29)30-17-16-27)20-8-4-5-9-21(20)26-14-6-3-7-15-26/h4-5,8-13,22,27H,2-3,6-7,14-17H2,1H3,(H,25,28). The number of benzene rings is 2. The molecule has 1 aliphatic heterocycles. The van der Waals surface area contributed by atoms with E-state index >= 15 is 0 Å². The third-order valence-electron chi connectivity index (χ3n) is 5.36. The van der Waals surface area contributed by atoms with E-state index in [0.29, 0.717) is 12.1 Å². The zero-order valence-electron chi connectivity index (χ0n) is 17.5. The zero-order chi connectivity index (χ0) is 21.3. The van der Waals surface area contributed by atoms with Crippen LogP contribution in [0, 0.1) is 0 Å². The second-order valence-electron chi connectivity index (χ2n) is 7.42. The van der Waals surface area contributed by atoms with Crippen molar-refractivity contribution < 1.29 is 19.4 Å². The third kappa shape index (κ3) is 5.19. The van der Waals surface area contributed by atoms with Crippen LogP contribution in [0.4, 0.5) is 5.69 Å². The van der Waals surface area contributed by atoms with E-state index in [1.807, 2.05) is 37.3 Å². The van der Waals surface area contributed by atoms with Crippen LogP contribution in [0.25, 0.3) is 0 Å². The van der Waals surface area contributed by atoms with Gasteiger partial charge in [-0.25, -0.2) is 4.79 Å². The molecule has 1 atom stereocenters. The highest BCUT2D eigenvalue weighted by Crippen LogP contribution is 2.34. The van der Waals surface area contributed by atoms with Crippen molar-refractivity contribution in [2.24, 2.45) is 0 Å². The van der Waals surface area contributed by atoms with Crippen molar-refractivity contribution in [2.75, 3.05) is 37.7 Å². The Balaban J connectivity index is 1.95. The highest BCUT2D eigenvalue weighted by atomic mass is 16.5. The molecule has 1 amide bonds. The minimum absolute atomic E-state index is 0.0364. The largest absolute Gasteiger partial charge is 0.460 e. The quantitative estimate of drug-likeness (QED) is 0.654. The first-order valence-electron chi connectivity index (χ1n) is 10.6. The second kappa shape index (κ2) is 10.8. The molecular formula is C24H30N2O4. The lowest BCUT2D eigenvalue weighted by molar-refractivity contribution is -0.121. The van der Waals surface area contributed by atoms with E-state index in [2.05, 4.69) is 16.3 Å². The van der Waals surface area contributed by atoms with E-state index in [0.717, 1.165) is 42.7 Å². The maximum absolute atomic E-state index is 13.1. The number of para-hydroxylation sites is 1. The smallest absolute Gasteiger partial charge is 0.338 e. The number of piperidine rings is 1. The monoisotopic (exact) mass is 410 g/mol. The van der Waals surface area contributed by atoms with Gasteiger partial charge < -0.3 is 20.1 Å². The average molecular weight is 411 g/mol. The van der Waals surface area contributed by atoms with Crippen LogP contribution in [0.5, 0.6) is 0 Å². The molecule has 6 nitrogen and oxygen atoms in total. The van der Waals surface area contributed by atoms with Crippen molar-refractivity contribution in [1.29, 1.82) is 0 Å². The molecule has 0 bridgehead atoms. The lowest BCUT2D eigenvalue weighted by atomic mass is 9.88. The summed E-state index contributed by atoms with van der Waals surface area (Å²) in [6, 6.07) is 15.1. The SMILES string of the molecule is CCNC(=O)C(c1ccc(C(=O)OCCO)cc1)c1ccccc1N1CCCCC1. The highest BCUT2D eigenvalue weighted by molar-refractivity contribution is 5.91. The number of carbonyl (C=O) groups is 2. The second-order valence-corrected chi connectivity index (χ2v) is 7.42. The number of anilines is 1. The first-order chi connectivity index (χ1) is 14.7. The summed E-state index contributed by atoms with van der Waals surface area (Å²) in [7, 11) is 0. The first-order valence-corrected chi connectivity index (χ1v) is 10.6. The molecule has 0 spiro atoms. The van der Waals surface area contributed by atoms with Gasteiger partial charge in [0.15, 0.2) is 0 Å². The third-order valence-corrected chi connectivity index (χ3v) is 5.36. The number of amides is 1. The fourth-order valence-electron chi connectivity index (χ4n) is 3.94. The number of hydrogen-bond acceptors (Lipinski definition) is 5. The number of hydrogen-bond donors (Lipinski definition) is 2. The molecule has 1 aliphatic rings. The van der Waals surface area contributed by atoms with Crippen LogP contribution >= 0.6 is 0 Å². The number of rotatable bonds is 8. The van der Waals surface area contributed by atoms with Gasteiger partial charge in [-0.3, -0.25) is 4.79 Å². The molecule has 2 N–H and O–H groups in total. The molecule has 0 radical (unpaired) electrons. The highest BCUT2D eigenvalue weighted by Gasteiger charge is 2.27. The predicted octanol–water partition coefficient (Wildman–Crippen LogP) is 3.09. The van der Waals surface area contributed by atoms with Crippen molar-refractivity contribution in [3.05, 3.63) is 65.2 Å². The fourth-order valence-corrected chi connectivity index (χ4v) is 3.94. The number of ether oxygens (including phenoxy) is 1. The molecule has 0 aliphatic carbocycles. The molecule has 1 saturated heterocycles. The normalized spacial score (nSPS) is 14.8. The van der Waals surface area contributed by atoms with E-state index in [4.69, 9.17) is 9.84 Å². The summed E-state index contributed by atoms with van der Waals surface area (Å²) in [5, 5.41) is 11.8. The molecule has 160 valence electrons. The Hall–Kier alpha value is -2.86. The van der Waals surface area contributed by atoms with Crippen LogP contribution in [0.15, 0.2) is 48.5 Å². The topological polar surface area (TPSA) is 78.9 Å². The number of nitrogens with one attached hydrogen (secondary N) is 1. The van der Waals surface area contributed by atoms with E-state index < -0.39 is 11.9 Å². The number of aliphatic hydroxyl groups is 1. The summed E-state index contributed by atoms with van der Waals surface area (Å²) in [5.74, 6) is -1.01. The number of aliphatic hydroxyl groups excluding tert-OH is 1. The Morgan fingerprint density at radius 3 is 2.43 bits per heavy atom. The Bertz CT molecular complexity index is 845. The lowest BCUT2D eigenvalue weighted by Gasteiger charge is -2.32. The van der Waals surface area contributed by atoms with Crippen molar-refractivity contribution in [1.82, 2.24) is 5.32 Å². The van der Waals surface area contributed by atoms with Crippen LogP contribution in [-0.4, -0.2) is 49.8 Å². The van der Waals surface area contributed by atoms with Gasteiger partial charge in [0.1, 0.15) is 6.61 Å².